The van der Waals surface area contributed by atoms with Crippen LogP contribution in [0.2, 0.25) is 5.02 Å². The predicted octanol–water partition coefficient (Wildman–Crippen LogP) is 5.37. The zero-order chi connectivity index (χ0) is 10.8. The van der Waals surface area contributed by atoms with Crippen molar-refractivity contribution in [2.45, 2.75) is 0 Å². The van der Waals surface area contributed by atoms with Gasteiger partial charge in [-0.1, -0.05) is 35.9 Å². The van der Waals surface area contributed by atoms with Gasteiger partial charge in [0, 0.05) is 13.1 Å². The Morgan fingerprint density at radius 3 is 2.33 bits per heavy atom. The van der Waals surface area contributed by atoms with Crippen LogP contribution in [0.1, 0.15) is 0 Å². The summed E-state index contributed by atoms with van der Waals surface area (Å²) in [6.07, 6.45) is 0. The molecule has 0 nitrogen and oxygen atoms in total. The van der Waals surface area contributed by atoms with Gasteiger partial charge in [-0.3, -0.25) is 0 Å². The first-order chi connectivity index (χ1) is 7.18. The zero-order valence-corrected chi connectivity index (χ0v) is 12.2. The van der Waals surface area contributed by atoms with Gasteiger partial charge in [0.2, 0.25) is 0 Å². The van der Waals surface area contributed by atoms with Gasteiger partial charge in [-0.15, -0.1) is 0 Å². The Morgan fingerprint density at radius 1 is 1.00 bits per heavy atom. The summed E-state index contributed by atoms with van der Waals surface area (Å²) >= 11 is 11.8. The monoisotopic (exact) mass is 392 g/mol. The molecule has 0 bridgehead atoms. The third-order valence-electron chi connectivity index (χ3n) is 2.11. The van der Waals surface area contributed by atoms with Crippen molar-refractivity contribution in [3.63, 3.8) is 0 Å². The molecule has 0 aliphatic heterocycles. The number of halogens is 3. The fraction of sp³-hybridized carbons (Fsp3) is 0. The lowest BCUT2D eigenvalue weighted by Gasteiger charge is -2.06. The first kappa shape index (κ1) is 11.4. The Kier molecular flexibility index (Phi) is 3.69. The van der Waals surface area contributed by atoms with Gasteiger partial charge < -0.3 is 0 Å². The smallest absolute Gasteiger partial charge is 0.0406 e. The maximum absolute atomic E-state index is 5.86. The molecule has 0 aromatic heterocycles. The molecular formula is C12H7BrClI. The second kappa shape index (κ2) is 4.85. The van der Waals surface area contributed by atoms with E-state index >= 15 is 0 Å². The molecule has 2 rings (SSSR count). The van der Waals surface area contributed by atoms with E-state index in [-0.39, 0.29) is 0 Å². The third kappa shape index (κ3) is 2.55. The number of hydrogen-bond acceptors (Lipinski definition) is 0. The second-order valence-corrected chi connectivity index (χ2v) is 5.50. The van der Waals surface area contributed by atoms with E-state index in [1.807, 2.05) is 24.3 Å². The van der Waals surface area contributed by atoms with E-state index in [4.69, 9.17) is 11.6 Å². The molecule has 76 valence electrons. The first-order valence-corrected chi connectivity index (χ1v) is 6.63. The molecule has 0 fully saturated rings. The van der Waals surface area contributed by atoms with E-state index in [2.05, 4.69) is 56.7 Å². The van der Waals surface area contributed by atoms with Gasteiger partial charge in [0.15, 0.2) is 0 Å². The number of benzene rings is 2. The van der Waals surface area contributed by atoms with Gasteiger partial charge in [0.05, 0.1) is 0 Å². The summed E-state index contributed by atoms with van der Waals surface area (Å²) in [4.78, 5) is 0. The molecule has 2 aromatic rings. The molecule has 0 aliphatic rings. The van der Waals surface area contributed by atoms with Crippen LogP contribution in [0.25, 0.3) is 11.1 Å². The summed E-state index contributed by atoms with van der Waals surface area (Å²) in [5.74, 6) is 0. The summed E-state index contributed by atoms with van der Waals surface area (Å²) in [5, 5.41) is 0.764. The van der Waals surface area contributed by atoms with Crippen LogP contribution >= 0.6 is 50.1 Å². The van der Waals surface area contributed by atoms with Crippen molar-refractivity contribution in [1.82, 2.24) is 0 Å². The standard InChI is InChI=1S/C12H7BrClI/c13-12-10(2-1-3-11(12)15)8-4-6-9(14)7-5-8/h1-7H. The van der Waals surface area contributed by atoms with E-state index in [1.165, 1.54) is 14.7 Å². The minimum absolute atomic E-state index is 0.764. The molecule has 0 N–H and O–H groups in total. The van der Waals surface area contributed by atoms with Crippen LogP contribution in [0.4, 0.5) is 0 Å². The van der Waals surface area contributed by atoms with Crippen molar-refractivity contribution in [2.75, 3.05) is 0 Å². The molecule has 0 atom stereocenters. The third-order valence-corrected chi connectivity index (χ3v) is 4.85. The Bertz CT molecular complexity index is 479. The van der Waals surface area contributed by atoms with E-state index < -0.39 is 0 Å². The number of rotatable bonds is 1. The molecule has 2 aromatic carbocycles. The Labute approximate surface area is 116 Å². The lowest BCUT2D eigenvalue weighted by molar-refractivity contribution is 1.54. The maximum atomic E-state index is 5.86. The molecule has 0 spiro atoms. The second-order valence-electron chi connectivity index (χ2n) is 3.11. The molecule has 0 unspecified atom stereocenters. The van der Waals surface area contributed by atoms with Crippen LogP contribution in [0.3, 0.4) is 0 Å². The maximum Gasteiger partial charge on any atom is 0.0406 e. The van der Waals surface area contributed by atoms with Crippen molar-refractivity contribution < 1.29 is 0 Å². The van der Waals surface area contributed by atoms with Gasteiger partial charge in [-0.05, 0) is 67.8 Å². The lowest BCUT2D eigenvalue weighted by atomic mass is 10.1. The van der Waals surface area contributed by atoms with Crippen LogP contribution in [0, 0.1) is 3.57 Å². The molecule has 0 radical (unpaired) electrons. The van der Waals surface area contributed by atoms with Crippen molar-refractivity contribution in [3.05, 3.63) is 55.5 Å². The van der Waals surface area contributed by atoms with Crippen LogP contribution in [-0.4, -0.2) is 0 Å². The average molecular weight is 393 g/mol. The number of hydrogen-bond donors (Lipinski definition) is 0. The topological polar surface area (TPSA) is 0 Å². The van der Waals surface area contributed by atoms with Gasteiger partial charge >= 0.3 is 0 Å². The van der Waals surface area contributed by atoms with Crippen LogP contribution in [-0.2, 0) is 0 Å². The molecule has 0 aliphatic carbocycles. The van der Waals surface area contributed by atoms with Gasteiger partial charge in [-0.2, -0.15) is 0 Å². The van der Waals surface area contributed by atoms with E-state index in [0.29, 0.717) is 0 Å². The quantitative estimate of drug-likeness (QED) is 0.571. The van der Waals surface area contributed by atoms with Gasteiger partial charge in [0.1, 0.15) is 0 Å². The SMILES string of the molecule is Clc1ccc(-c2cccc(I)c2Br)cc1. The molecule has 3 heteroatoms. The molecule has 0 saturated heterocycles. The Balaban J connectivity index is 2.54. The van der Waals surface area contributed by atoms with E-state index in [9.17, 15) is 0 Å². The summed E-state index contributed by atoms with van der Waals surface area (Å²) in [5.41, 5.74) is 2.36. The summed E-state index contributed by atoms with van der Waals surface area (Å²) in [6, 6.07) is 14.1. The van der Waals surface area contributed by atoms with Crippen LogP contribution < -0.4 is 0 Å². The van der Waals surface area contributed by atoms with E-state index in [0.717, 1.165) is 9.50 Å². The zero-order valence-electron chi connectivity index (χ0n) is 7.68. The minimum Gasteiger partial charge on any atom is -0.0843 e. The van der Waals surface area contributed by atoms with Crippen LogP contribution in [0.15, 0.2) is 46.9 Å². The Morgan fingerprint density at radius 2 is 1.67 bits per heavy atom. The molecule has 0 heterocycles. The lowest BCUT2D eigenvalue weighted by Crippen LogP contribution is -1.82. The molecule has 0 amide bonds. The van der Waals surface area contributed by atoms with E-state index in [1.54, 1.807) is 0 Å². The highest BCUT2D eigenvalue weighted by atomic mass is 127. The van der Waals surface area contributed by atoms with Crippen LogP contribution in [0.5, 0.6) is 0 Å². The highest BCUT2D eigenvalue weighted by Gasteiger charge is 2.05. The normalized spacial score (nSPS) is 10.3. The predicted molar refractivity (Wildman–Crippen MR) is 77.3 cm³/mol. The Hall–Kier alpha value is -0.0600. The van der Waals surface area contributed by atoms with Crippen molar-refractivity contribution >= 4 is 50.1 Å². The minimum atomic E-state index is 0.764. The van der Waals surface area contributed by atoms with Crippen molar-refractivity contribution in [3.8, 4) is 11.1 Å². The van der Waals surface area contributed by atoms with Gasteiger partial charge in [0.25, 0.3) is 0 Å². The highest BCUT2D eigenvalue weighted by Crippen LogP contribution is 2.32. The summed E-state index contributed by atoms with van der Waals surface area (Å²) in [7, 11) is 0. The van der Waals surface area contributed by atoms with Crippen molar-refractivity contribution in [1.29, 1.82) is 0 Å². The molecule has 0 saturated carbocycles. The van der Waals surface area contributed by atoms with Gasteiger partial charge in [-0.25, -0.2) is 0 Å². The highest BCUT2D eigenvalue weighted by molar-refractivity contribution is 14.1. The van der Waals surface area contributed by atoms with Crippen molar-refractivity contribution in [2.24, 2.45) is 0 Å². The summed E-state index contributed by atoms with van der Waals surface area (Å²) in [6.45, 7) is 0. The fourth-order valence-corrected chi connectivity index (χ4v) is 2.47. The summed E-state index contributed by atoms with van der Waals surface area (Å²) < 4.78 is 2.34. The molecular weight excluding hydrogens is 386 g/mol. The average Bonchev–Trinajstić information content (AvgIpc) is 2.24. The largest absolute Gasteiger partial charge is 0.0843 e. The fourth-order valence-electron chi connectivity index (χ4n) is 1.36. The molecule has 15 heavy (non-hydrogen) atoms. The first-order valence-electron chi connectivity index (χ1n) is 4.38.